The number of carbonyl (C=O) groups is 3. The molecule has 0 radical (unpaired) electrons. The number of alkyl halides is 3. The Balaban J connectivity index is 1.68. The molecule has 1 unspecified atom stereocenters. The smallest absolute Gasteiger partial charge is 0.416 e. The summed E-state index contributed by atoms with van der Waals surface area (Å²) in [6.07, 6.45) is -4.48. The topological polar surface area (TPSA) is 122 Å². The normalized spacial score (nSPS) is 17.1. The van der Waals surface area contributed by atoms with Crippen LogP contribution in [0.5, 0.6) is 5.75 Å². The average molecular weight is 503 g/mol. The molecule has 11 heteroatoms. The zero-order chi connectivity index (χ0) is 26.3. The van der Waals surface area contributed by atoms with Crippen molar-refractivity contribution >= 4 is 23.5 Å². The number of hydrogen-bond donors (Lipinski definition) is 3. The van der Waals surface area contributed by atoms with Gasteiger partial charge in [0, 0.05) is 34.6 Å². The van der Waals surface area contributed by atoms with E-state index in [1.165, 1.54) is 25.3 Å². The quantitative estimate of drug-likeness (QED) is 0.409. The molecule has 3 N–H and O–H groups in total. The van der Waals surface area contributed by atoms with E-state index < -0.39 is 47.0 Å². The third kappa shape index (κ3) is 4.85. The minimum absolute atomic E-state index is 0.000579. The summed E-state index contributed by atoms with van der Waals surface area (Å²) in [5.41, 5.74) is -3.45. The Bertz CT molecular complexity index is 1320. The average Bonchev–Trinajstić information content (AvgIpc) is 3.51. The molecule has 1 atom stereocenters. The summed E-state index contributed by atoms with van der Waals surface area (Å²) in [5, 5.41) is 22.7. The first kappa shape index (κ1) is 25.1. The van der Waals surface area contributed by atoms with E-state index in [4.69, 9.17) is 14.6 Å². The van der Waals surface area contributed by atoms with Crippen LogP contribution in [0.2, 0.25) is 0 Å². The Kier molecular flexibility index (Phi) is 6.18. The van der Waals surface area contributed by atoms with Gasteiger partial charge in [-0.3, -0.25) is 4.79 Å². The van der Waals surface area contributed by atoms with Crippen molar-refractivity contribution < 1.29 is 47.2 Å². The van der Waals surface area contributed by atoms with Crippen molar-refractivity contribution in [1.82, 2.24) is 0 Å². The number of nitrogens with one attached hydrogen (secondary N) is 1. The van der Waals surface area contributed by atoms with Gasteiger partial charge in [0.25, 0.3) is 5.91 Å². The van der Waals surface area contributed by atoms with E-state index in [1.807, 2.05) is 0 Å². The molecule has 4 rings (SSSR count). The second kappa shape index (κ2) is 8.87. The Hall–Kier alpha value is -4.04. The molecule has 188 valence electrons. The first-order chi connectivity index (χ1) is 16.9. The molecule has 2 aromatic carbocycles. The van der Waals surface area contributed by atoms with E-state index in [0.29, 0.717) is 24.0 Å². The zero-order valence-corrected chi connectivity index (χ0v) is 18.9. The number of ether oxygens (including phenoxy) is 2. The second-order valence-electron chi connectivity index (χ2n) is 8.69. The summed E-state index contributed by atoms with van der Waals surface area (Å²) < 4.78 is 50.3. The van der Waals surface area contributed by atoms with Crippen molar-refractivity contribution in [3.63, 3.8) is 0 Å². The summed E-state index contributed by atoms with van der Waals surface area (Å²) in [6.45, 7) is -0.000579. The van der Waals surface area contributed by atoms with Gasteiger partial charge >= 0.3 is 18.1 Å². The van der Waals surface area contributed by atoms with E-state index in [2.05, 4.69) is 11.2 Å². The maximum absolute atomic E-state index is 13.4. The number of carbonyl (C=O) groups excluding carboxylic acids is 2. The second-order valence-corrected chi connectivity index (χ2v) is 8.69. The van der Waals surface area contributed by atoms with Crippen LogP contribution in [-0.4, -0.2) is 40.8 Å². The fourth-order valence-electron chi connectivity index (χ4n) is 4.26. The van der Waals surface area contributed by atoms with Gasteiger partial charge in [0.1, 0.15) is 12.4 Å². The Morgan fingerprint density at radius 2 is 1.92 bits per heavy atom. The number of esters is 1. The molecular weight excluding hydrogens is 483 g/mol. The molecule has 1 heterocycles. The van der Waals surface area contributed by atoms with E-state index in [1.54, 1.807) is 5.92 Å². The lowest BCUT2D eigenvalue weighted by atomic mass is 9.81. The standard InChI is InChI=1S/C25H20F3NO7/c1-35-19-5-2-15(25(26,27)28)11-18(19)23(8-9-23)13-24(34,7-6-20(30)31)22(33)29-16-3-4-17-14(10-16)12-36-21(17)32/h2-5,10-11,34H,8-9,12-13H2,1H3,(H,29,33)(H,30,31). The fraction of sp³-hybridized carbons (Fsp3) is 0.320. The number of benzene rings is 2. The first-order valence-electron chi connectivity index (χ1n) is 10.7. The van der Waals surface area contributed by atoms with Crippen molar-refractivity contribution in [3.05, 3.63) is 58.7 Å². The van der Waals surface area contributed by atoms with Gasteiger partial charge in [-0.15, -0.1) is 0 Å². The molecule has 0 aromatic heterocycles. The van der Waals surface area contributed by atoms with E-state index in [0.717, 1.165) is 18.2 Å². The molecule has 1 aliphatic carbocycles. The Morgan fingerprint density at radius 1 is 1.19 bits per heavy atom. The van der Waals surface area contributed by atoms with Gasteiger partial charge in [0.05, 0.1) is 18.2 Å². The third-order valence-corrected chi connectivity index (χ3v) is 6.24. The van der Waals surface area contributed by atoms with Gasteiger partial charge in [-0.1, -0.05) is 0 Å². The predicted molar refractivity (Wildman–Crippen MR) is 118 cm³/mol. The number of rotatable bonds is 6. The maximum Gasteiger partial charge on any atom is 0.416 e. The molecule has 2 aromatic rings. The van der Waals surface area contributed by atoms with E-state index >= 15 is 0 Å². The molecule has 36 heavy (non-hydrogen) atoms. The molecule has 8 nitrogen and oxygen atoms in total. The molecule has 1 amide bonds. The van der Waals surface area contributed by atoms with Crippen LogP contribution in [0, 0.1) is 11.8 Å². The number of cyclic esters (lactones) is 1. The van der Waals surface area contributed by atoms with Gasteiger partial charge in [-0.05, 0) is 55.2 Å². The molecule has 0 saturated heterocycles. The number of amides is 1. The number of hydrogen-bond acceptors (Lipinski definition) is 6. The predicted octanol–water partition coefficient (Wildman–Crippen LogP) is 3.26. The SMILES string of the molecule is COc1ccc(C(F)(F)F)cc1C1(CC(O)(C#CC(=O)O)C(=O)Nc2ccc3c(c2)COC3=O)CC1. The lowest BCUT2D eigenvalue weighted by Gasteiger charge is -2.28. The highest BCUT2D eigenvalue weighted by molar-refractivity contribution is 6.02. The lowest BCUT2D eigenvalue weighted by Crippen LogP contribution is -2.44. The summed E-state index contributed by atoms with van der Waals surface area (Å²) in [4.78, 5) is 35.9. The number of methoxy groups -OCH3 is 1. The molecule has 2 aliphatic rings. The molecule has 0 spiro atoms. The number of aliphatic carboxylic acids is 1. The van der Waals surface area contributed by atoms with E-state index in [-0.39, 0.29) is 23.6 Å². The number of anilines is 1. The zero-order valence-electron chi connectivity index (χ0n) is 18.9. The van der Waals surface area contributed by atoms with Gasteiger partial charge in [0.15, 0.2) is 0 Å². The highest BCUT2D eigenvalue weighted by Gasteiger charge is 2.54. The largest absolute Gasteiger partial charge is 0.496 e. The molecule has 1 fully saturated rings. The van der Waals surface area contributed by atoms with Crippen LogP contribution in [0.1, 0.15) is 46.3 Å². The number of carboxylic acids is 1. The highest BCUT2D eigenvalue weighted by atomic mass is 19.4. The third-order valence-electron chi connectivity index (χ3n) is 6.24. The van der Waals surface area contributed by atoms with Crippen molar-refractivity contribution in [2.45, 2.75) is 43.1 Å². The van der Waals surface area contributed by atoms with Crippen LogP contribution in [0.4, 0.5) is 18.9 Å². The molecule has 1 aliphatic heterocycles. The number of halogens is 3. The fourth-order valence-corrected chi connectivity index (χ4v) is 4.26. The molecular formula is C25H20F3NO7. The van der Waals surface area contributed by atoms with Crippen LogP contribution in [0.15, 0.2) is 36.4 Å². The van der Waals surface area contributed by atoms with Crippen molar-refractivity contribution in [3.8, 4) is 17.6 Å². The van der Waals surface area contributed by atoms with Crippen molar-refractivity contribution in [1.29, 1.82) is 0 Å². The minimum atomic E-state index is -4.63. The van der Waals surface area contributed by atoms with Crippen LogP contribution < -0.4 is 10.1 Å². The van der Waals surface area contributed by atoms with Crippen LogP contribution >= 0.6 is 0 Å². The summed E-state index contributed by atoms with van der Waals surface area (Å²) >= 11 is 0. The molecule has 0 bridgehead atoms. The van der Waals surface area contributed by atoms with Crippen molar-refractivity contribution in [2.75, 3.05) is 12.4 Å². The number of aliphatic hydroxyl groups is 1. The number of carboxylic acid groups (broad SMARTS) is 1. The minimum Gasteiger partial charge on any atom is -0.496 e. The van der Waals surface area contributed by atoms with E-state index in [9.17, 15) is 32.7 Å². The summed E-state index contributed by atoms with van der Waals surface area (Å²) in [6, 6.07) is 7.23. The highest BCUT2D eigenvalue weighted by Crippen LogP contribution is 2.56. The summed E-state index contributed by atoms with van der Waals surface area (Å²) in [7, 11) is 1.29. The first-order valence-corrected chi connectivity index (χ1v) is 10.7. The van der Waals surface area contributed by atoms with Crippen LogP contribution in [0.3, 0.4) is 0 Å². The number of fused-ring (bicyclic) bond motifs is 1. The Morgan fingerprint density at radius 3 is 2.53 bits per heavy atom. The summed E-state index contributed by atoms with van der Waals surface area (Å²) in [5.74, 6) is 0.770. The lowest BCUT2D eigenvalue weighted by molar-refractivity contribution is -0.137. The monoisotopic (exact) mass is 503 g/mol. The van der Waals surface area contributed by atoms with Crippen molar-refractivity contribution in [2.24, 2.45) is 0 Å². The van der Waals surface area contributed by atoms with Gasteiger partial charge in [-0.2, -0.15) is 13.2 Å². The Labute approximate surface area is 203 Å². The maximum atomic E-state index is 13.4. The van der Waals surface area contributed by atoms with Gasteiger partial charge in [-0.25, -0.2) is 9.59 Å². The molecule has 1 saturated carbocycles. The van der Waals surface area contributed by atoms with Gasteiger partial charge in [0.2, 0.25) is 5.60 Å². The van der Waals surface area contributed by atoms with Gasteiger partial charge < -0.3 is 25.0 Å². The van der Waals surface area contributed by atoms with Crippen LogP contribution in [-0.2, 0) is 32.5 Å². The van der Waals surface area contributed by atoms with Crippen LogP contribution in [0.25, 0.3) is 0 Å².